The first-order valence-electron chi connectivity index (χ1n) is 3.93. The predicted octanol–water partition coefficient (Wildman–Crippen LogP) is 0.534. The smallest absolute Gasteiger partial charge is 0.208 e. The molecule has 0 aliphatic carbocycles. The molecule has 0 radical (unpaired) electrons. The van der Waals surface area contributed by atoms with Crippen molar-refractivity contribution in [2.75, 3.05) is 0 Å². The zero-order chi connectivity index (χ0) is 9.26. The molecule has 2 heterocycles. The van der Waals surface area contributed by atoms with E-state index in [9.17, 15) is 0 Å². The number of oxazole rings is 1. The molecule has 0 spiro atoms. The van der Waals surface area contributed by atoms with Crippen LogP contribution in [0.25, 0.3) is 11.3 Å². The van der Waals surface area contributed by atoms with Gasteiger partial charge in [0.05, 0.1) is 24.5 Å². The quantitative estimate of drug-likeness (QED) is 0.728. The van der Waals surface area contributed by atoms with Crippen molar-refractivity contribution in [3.63, 3.8) is 0 Å². The summed E-state index contributed by atoms with van der Waals surface area (Å²) in [5.41, 5.74) is 6.28. The lowest BCUT2D eigenvalue weighted by molar-refractivity contribution is 0.509. The monoisotopic (exact) mass is 178 g/mol. The van der Waals surface area contributed by atoms with Crippen LogP contribution in [0.4, 0.5) is 0 Å². The third kappa shape index (κ3) is 1.46. The van der Waals surface area contributed by atoms with Crippen molar-refractivity contribution in [3.05, 3.63) is 24.5 Å². The fraction of sp³-hybridized carbons (Fsp3) is 0.250. The second-order valence-electron chi connectivity index (χ2n) is 2.73. The molecule has 0 aromatic carbocycles. The Bertz CT molecular complexity index is 404. The summed E-state index contributed by atoms with van der Waals surface area (Å²) >= 11 is 0. The third-order valence-corrected chi connectivity index (χ3v) is 1.72. The summed E-state index contributed by atoms with van der Waals surface area (Å²) in [4.78, 5) is 3.99. The van der Waals surface area contributed by atoms with Crippen molar-refractivity contribution >= 4 is 0 Å². The summed E-state index contributed by atoms with van der Waals surface area (Å²) in [5, 5.41) is 4.03. The molecule has 2 N–H and O–H groups in total. The number of nitrogens with two attached hydrogens (primary N) is 1. The highest BCUT2D eigenvalue weighted by molar-refractivity contribution is 5.53. The summed E-state index contributed by atoms with van der Waals surface area (Å²) in [5.74, 6) is 1.24. The maximum absolute atomic E-state index is 5.37. The molecule has 0 saturated heterocycles. The van der Waals surface area contributed by atoms with Crippen LogP contribution >= 0.6 is 0 Å². The molecule has 2 aromatic heterocycles. The molecule has 0 fully saturated rings. The lowest BCUT2D eigenvalue weighted by atomic mass is 10.3. The van der Waals surface area contributed by atoms with Crippen molar-refractivity contribution in [2.24, 2.45) is 12.8 Å². The summed E-state index contributed by atoms with van der Waals surface area (Å²) < 4.78 is 7.05. The van der Waals surface area contributed by atoms with Gasteiger partial charge in [-0.25, -0.2) is 4.98 Å². The molecule has 0 bridgehead atoms. The van der Waals surface area contributed by atoms with E-state index >= 15 is 0 Å². The predicted molar refractivity (Wildman–Crippen MR) is 46.6 cm³/mol. The highest BCUT2D eigenvalue weighted by Crippen LogP contribution is 2.18. The zero-order valence-electron chi connectivity index (χ0n) is 7.27. The van der Waals surface area contributed by atoms with E-state index in [2.05, 4.69) is 10.1 Å². The van der Waals surface area contributed by atoms with Crippen LogP contribution in [0.3, 0.4) is 0 Å². The standard InChI is InChI=1S/C8H10N4O/c1-12-5-6(3-11-12)7-4-10-8(2-9)13-7/h3-5H,2,9H2,1H3. The number of aromatic nitrogens is 3. The van der Waals surface area contributed by atoms with Gasteiger partial charge in [-0.15, -0.1) is 0 Å². The normalized spacial score (nSPS) is 10.6. The van der Waals surface area contributed by atoms with Crippen LogP contribution in [-0.4, -0.2) is 14.8 Å². The van der Waals surface area contributed by atoms with Gasteiger partial charge in [-0.05, 0) is 0 Å². The van der Waals surface area contributed by atoms with Gasteiger partial charge in [-0.2, -0.15) is 5.10 Å². The Morgan fingerprint density at radius 2 is 2.38 bits per heavy atom. The van der Waals surface area contributed by atoms with Crippen molar-refractivity contribution in [3.8, 4) is 11.3 Å². The van der Waals surface area contributed by atoms with Gasteiger partial charge in [-0.3, -0.25) is 4.68 Å². The molecular formula is C8H10N4O. The SMILES string of the molecule is Cn1cc(-c2cnc(CN)o2)cn1. The number of aryl methyl sites for hydroxylation is 1. The molecule has 2 rings (SSSR count). The second kappa shape index (κ2) is 3.02. The van der Waals surface area contributed by atoms with Gasteiger partial charge in [-0.1, -0.05) is 0 Å². The minimum atomic E-state index is 0.320. The minimum Gasteiger partial charge on any atom is -0.439 e. The number of hydrogen-bond acceptors (Lipinski definition) is 4. The molecule has 0 aliphatic heterocycles. The first kappa shape index (κ1) is 8.00. The Labute approximate surface area is 75.2 Å². The van der Waals surface area contributed by atoms with E-state index in [0.717, 1.165) is 5.56 Å². The van der Waals surface area contributed by atoms with Crippen LogP contribution in [0.2, 0.25) is 0 Å². The molecule has 5 nitrogen and oxygen atoms in total. The van der Waals surface area contributed by atoms with Crippen LogP contribution < -0.4 is 5.73 Å². The summed E-state index contributed by atoms with van der Waals surface area (Å²) in [6, 6.07) is 0. The van der Waals surface area contributed by atoms with Crippen molar-refractivity contribution in [2.45, 2.75) is 6.54 Å². The number of rotatable bonds is 2. The largest absolute Gasteiger partial charge is 0.439 e. The fourth-order valence-electron chi connectivity index (χ4n) is 1.09. The number of nitrogens with zero attached hydrogens (tertiary/aromatic N) is 3. The Kier molecular flexibility index (Phi) is 1.86. The van der Waals surface area contributed by atoms with Crippen LogP contribution in [0.5, 0.6) is 0 Å². The Morgan fingerprint density at radius 1 is 1.54 bits per heavy atom. The van der Waals surface area contributed by atoms with E-state index in [4.69, 9.17) is 10.2 Å². The van der Waals surface area contributed by atoms with E-state index in [1.807, 2.05) is 13.2 Å². The Hall–Kier alpha value is -1.62. The molecule has 0 unspecified atom stereocenters. The Balaban J connectivity index is 2.35. The van der Waals surface area contributed by atoms with Crippen LogP contribution in [0, 0.1) is 0 Å². The van der Waals surface area contributed by atoms with Crippen molar-refractivity contribution in [1.82, 2.24) is 14.8 Å². The third-order valence-electron chi connectivity index (χ3n) is 1.72. The molecule has 0 aliphatic rings. The summed E-state index contributed by atoms with van der Waals surface area (Å²) in [6.45, 7) is 0.320. The van der Waals surface area contributed by atoms with Gasteiger partial charge in [0.25, 0.3) is 0 Å². The van der Waals surface area contributed by atoms with Gasteiger partial charge in [0.15, 0.2) is 5.76 Å². The van der Waals surface area contributed by atoms with Gasteiger partial charge in [0.2, 0.25) is 5.89 Å². The van der Waals surface area contributed by atoms with Crippen LogP contribution in [0.15, 0.2) is 23.0 Å². The van der Waals surface area contributed by atoms with Gasteiger partial charge in [0, 0.05) is 13.2 Å². The molecular weight excluding hydrogens is 168 g/mol. The van der Waals surface area contributed by atoms with E-state index in [1.54, 1.807) is 17.1 Å². The molecule has 5 heteroatoms. The van der Waals surface area contributed by atoms with E-state index in [0.29, 0.717) is 18.2 Å². The van der Waals surface area contributed by atoms with Gasteiger partial charge >= 0.3 is 0 Å². The molecule has 2 aromatic rings. The lowest BCUT2D eigenvalue weighted by Crippen LogP contribution is -1.94. The van der Waals surface area contributed by atoms with Gasteiger partial charge < -0.3 is 10.2 Å². The summed E-state index contributed by atoms with van der Waals surface area (Å²) in [6.07, 6.45) is 5.24. The van der Waals surface area contributed by atoms with Crippen LogP contribution in [0.1, 0.15) is 5.89 Å². The molecule has 68 valence electrons. The molecule has 13 heavy (non-hydrogen) atoms. The Morgan fingerprint density at radius 3 is 2.92 bits per heavy atom. The zero-order valence-corrected chi connectivity index (χ0v) is 7.27. The average molecular weight is 178 g/mol. The van der Waals surface area contributed by atoms with E-state index in [1.165, 1.54) is 0 Å². The van der Waals surface area contributed by atoms with E-state index < -0.39 is 0 Å². The first-order chi connectivity index (χ1) is 6.29. The average Bonchev–Trinajstić information content (AvgIpc) is 2.71. The molecule has 0 atom stereocenters. The molecule has 0 saturated carbocycles. The fourth-order valence-corrected chi connectivity index (χ4v) is 1.09. The minimum absolute atomic E-state index is 0.320. The summed E-state index contributed by atoms with van der Waals surface area (Å²) in [7, 11) is 1.85. The maximum Gasteiger partial charge on any atom is 0.208 e. The lowest BCUT2D eigenvalue weighted by Gasteiger charge is -1.87. The van der Waals surface area contributed by atoms with Crippen molar-refractivity contribution in [1.29, 1.82) is 0 Å². The van der Waals surface area contributed by atoms with E-state index in [-0.39, 0.29) is 0 Å². The first-order valence-corrected chi connectivity index (χ1v) is 3.93. The van der Waals surface area contributed by atoms with Crippen LogP contribution in [-0.2, 0) is 13.6 Å². The molecule has 0 amide bonds. The number of hydrogen-bond donors (Lipinski definition) is 1. The van der Waals surface area contributed by atoms with Crippen molar-refractivity contribution < 1.29 is 4.42 Å². The van der Waals surface area contributed by atoms with Gasteiger partial charge in [0.1, 0.15) is 0 Å². The topological polar surface area (TPSA) is 69.9 Å². The second-order valence-corrected chi connectivity index (χ2v) is 2.73. The highest BCUT2D eigenvalue weighted by Gasteiger charge is 2.06. The highest BCUT2D eigenvalue weighted by atomic mass is 16.4. The maximum atomic E-state index is 5.37.